The summed E-state index contributed by atoms with van der Waals surface area (Å²) in [5.74, 6) is 2.61. The summed E-state index contributed by atoms with van der Waals surface area (Å²) in [6.07, 6.45) is 5.44. The highest BCUT2D eigenvalue weighted by Gasteiger charge is 2.31. The lowest BCUT2D eigenvalue weighted by Crippen LogP contribution is -2.31. The van der Waals surface area contributed by atoms with E-state index in [4.69, 9.17) is 14.5 Å². The van der Waals surface area contributed by atoms with Gasteiger partial charge in [-0.3, -0.25) is 4.79 Å². The van der Waals surface area contributed by atoms with E-state index < -0.39 is 0 Å². The number of aromatic nitrogens is 2. The first-order chi connectivity index (χ1) is 13.7. The Morgan fingerprint density at radius 1 is 1.29 bits per heavy atom. The molecule has 150 valence electrons. The van der Waals surface area contributed by atoms with Crippen molar-refractivity contribution in [2.24, 2.45) is 0 Å². The van der Waals surface area contributed by atoms with Crippen molar-refractivity contribution in [3.63, 3.8) is 0 Å². The van der Waals surface area contributed by atoms with E-state index >= 15 is 0 Å². The number of nitrogens with zero attached hydrogens (tertiary/aromatic N) is 3. The molecule has 1 atom stereocenters. The number of ether oxygens (including phenoxy) is 2. The lowest BCUT2D eigenvalue weighted by atomic mass is 9.99. The molecule has 0 spiro atoms. The van der Waals surface area contributed by atoms with Crippen LogP contribution in [0.2, 0.25) is 0 Å². The van der Waals surface area contributed by atoms with Crippen LogP contribution >= 0.6 is 0 Å². The number of carbonyl (C=O) groups is 1. The van der Waals surface area contributed by atoms with Crippen molar-refractivity contribution >= 4 is 5.91 Å². The van der Waals surface area contributed by atoms with E-state index in [1.54, 1.807) is 7.11 Å². The van der Waals surface area contributed by atoms with Crippen LogP contribution in [-0.4, -0.2) is 53.8 Å². The highest BCUT2D eigenvalue weighted by molar-refractivity contribution is 5.79. The largest absolute Gasteiger partial charge is 0.497 e. The van der Waals surface area contributed by atoms with Crippen LogP contribution in [-0.2, 0) is 16.0 Å². The van der Waals surface area contributed by atoms with Crippen LogP contribution < -0.4 is 4.74 Å². The molecule has 1 aromatic carbocycles. The van der Waals surface area contributed by atoms with Crippen LogP contribution in [0.5, 0.6) is 5.75 Å². The summed E-state index contributed by atoms with van der Waals surface area (Å²) in [6.45, 7) is 5.31. The number of methoxy groups -OCH3 is 1. The lowest BCUT2D eigenvalue weighted by Gasteiger charge is -2.26. The van der Waals surface area contributed by atoms with E-state index in [2.05, 4.69) is 11.5 Å². The smallest absolute Gasteiger partial charge is 0.227 e. The van der Waals surface area contributed by atoms with E-state index in [0.29, 0.717) is 18.4 Å². The van der Waals surface area contributed by atoms with E-state index in [1.807, 2.05) is 35.4 Å². The molecule has 0 saturated carbocycles. The lowest BCUT2D eigenvalue weighted by molar-refractivity contribution is -0.129. The molecule has 6 heteroatoms. The molecule has 3 heterocycles. The summed E-state index contributed by atoms with van der Waals surface area (Å²) in [5.41, 5.74) is 2.18. The highest BCUT2D eigenvalue weighted by Crippen LogP contribution is 2.32. The van der Waals surface area contributed by atoms with Gasteiger partial charge in [-0.05, 0) is 43.9 Å². The Morgan fingerprint density at radius 3 is 2.89 bits per heavy atom. The molecule has 0 bridgehead atoms. The molecule has 2 aliphatic rings. The number of imidazole rings is 1. The van der Waals surface area contributed by atoms with Crippen molar-refractivity contribution in [3.8, 4) is 5.75 Å². The average molecular weight is 383 g/mol. The van der Waals surface area contributed by atoms with Crippen molar-refractivity contribution in [1.29, 1.82) is 0 Å². The minimum atomic E-state index is 0.182. The van der Waals surface area contributed by atoms with Crippen molar-refractivity contribution in [3.05, 3.63) is 47.5 Å². The molecule has 0 radical (unpaired) electrons. The van der Waals surface area contributed by atoms with Gasteiger partial charge in [-0.15, -0.1) is 0 Å². The quantitative estimate of drug-likeness (QED) is 0.796. The molecular weight excluding hydrogens is 354 g/mol. The van der Waals surface area contributed by atoms with E-state index in [-0.39, 0.29) is 5.91 Å². The normalized spacial score (nSPS) is 20.5. The maximum absolute atomic E-state index is 12.8. The van der Waals surface area contributed by atoms with Gasteiger partial charge in [0.15, 0.2) is 0 Å². The summed E-state index contributed by atoms with van der Waals surface area (Å²) in [5, 5.41) is 0. The first kappa shape index (κ1) is 19.0. The maximum Gasteiger partial charge on any atom is 0.227 e. The second-order valence-corrected chi connectivity index (χ2v) is 7.82. The molecule has 0 aliphatic carbocycles. The van der Waals surface area contributed by atoms with Gasteiger partial charge < -0.3 is 18.9 Å². The van der Waals surface area contributed by atoms with Gasteiger partial charge in [0.1, 0.15) is 11.6 Å². The van der Waals surface area contributed by atoms with Gasteiger partial charge in [-0.2, -0.15) is 0 Å². The molecule has 2 saturated heterocycles. The van der Waals surface area contributed by atoms with Crippen molar-refractivity contribution in [1.82, 2.24) is 14.5 Å². The minimum absolute atomic E-state index is 0.182. The third kappa shape index (κ3) is 3.92. The number of aryl methyl sites for hydroxylation is 1. The molecule has 1 amide bonds. The fourth-order valence-corrected chi connectivity index (χ4v) is 4.45. The Kier molecular flexibility index (Phi) is 5.67. The number of benzene rings is 1. The summed E-state index contributed by atoms with van der Waals surface area (Å²) in [6, 6.07) is 8.07. The molecule has 28 heavy (non-hydrogen) atoms. The minimum Gasteiger partial charge on any atom is -0.497 e. The van der Waals surface area contributed by atoms with Crippen molar-refractivity contribution in [2.75, 3.05) is 33.4 Å². The van der Waals surface area contributed by atoms with Crippen molar-refractivity contribution < 1.29 is 14.3 Å². The molecule has 6 nitrogen and oxygen atoms in total. The number of rotatable bonds is 5. The molecule has 1 unspecified atom stereocenters. The Hall–Kier alpha value is -2.34. The van der Waals surface area contributed by atoms with Crippen LogP contribution in [0, 0.1) is 6.92 Å². The van der Waals surface area contributed by atoms with E-state index in [1.165, 1.54) is 11.5 Å². The van der Waals surface area contributed by atoms with Gasteiger partial charge in [0.05, 0.1) is 19.6 Å². The topological polar surface area (TPSA) is 56.6 Å². The van der Waals surface area contributed by atoms with Gasteiger partial charge in [0.2, 0.25) is 5.91 Å². The van der Waals surface area contributed by atoms with Crippen LogP contribution in [0.3, 0.4) is 0 Å². The predicted octanol–water partition coefficient (Wildman–Crippen LogP) is 3.11. The Morgan fingerprint density at radius 2 is 2.11 bits per heavy atom. The van der Waals surface area contributed by atoms with Crippen LogP contribution in [0.15, 0.2) is 30.5 Å². The Bertz CT molecular complexity index is 826. The monoisotopic (exact) mass is 383 g/mol. The molecule has 2 aromatic rings. The summed E-state index contributed by atoms with van der Waals surface area (Å²) in [4.78, 5) is 19.6. The standard InChI is InChI=1S/C22H29N3O3/c1-16-14-23-22(18-7-10-28-11-8-18)25(16)19-6-9-24(15-19)21(26)13-17-4-3-5-20(12-17)27-2/h3-5,12,14,18-19H,6-11,13,15H2,1-2H3. The second kappa shape index (κ2) is 8.35. The summed E-state index contributed by atoms with van der Waals surface area (Å²) < 4.78 is 13.2. The molecule has 0 N–H and O–H groups in total. The van der Waals surface area contributed by atoms with Crippen LogP contribution in [0.1, 0.15) is 48.3 Å². The third-order valence-corrected chi connectivity index (χ3v) is 5.97. The van der Waals surface area contributed by atoms with Gasteiger partial charge in [-0.1, -0.05) is 12.1 Å². The highest BCUT2D eigenvalue weighted by atomic mass is 16.5. The fourth-order valence-electron chi connectivity index (χ4n) is 4.45. The number of hydrogen-bond acceptors (Lipinski definition) is 4. The fraction of sp³-hybridized carbons (Fsp3) is 0.545. The zero-order valence-corrected chi connectivity index (χ0v) is 16.8. The molecule has 4 rings (SSSR count). The maximum atomic E-state index is 12.8. The molecule has 1 aromatic heterocycles. The Labute approximate surface area is 166 Å². The molecule has 2 fully saturated rings. The average Bonchev–Trinajstić information content (AvgIpc) is 3.35. The van der Waals surface area contributed by atoms with Gasteiger partial charge in [-0.25, -0.2) is 4.98 Å². The van der Waals surface area contributed by atoms with Gasteiger partial charge in [0, 0.05) is 44.1 Å². The summed E-state index contributed by atoms with van der Waals surface area (Å²) in [7, 11) is 1.65. The molecule has 2 aliphatic heterocycles. The summed E-state index contributed by atoms with van der Waals surface area (Å²) >= 11 is 0. The first-order valence-electron chi connectivity index (χ1n) is 10.2. The van der Waals surface area contributed by atoms with Gasteiger partial charge in [0.25, 0.3) is 0 Å². The Balaban J connectivity index is 1.44. The van der Waals surface area contributed by atoms with Crippen LogP contribution in [0.4, 0.5) is 0 Å². The van der Waals surface area contributed by atoms with Gasteiger partial charge >= 0.3 is 0 Å². The zero-order valence-electron chi connectivity index (χ0n) is 16.8. The molecular formula is C22H29N3O3. The number of amides is 1. The zero-order chi connectivity index (χ0) is 19.5. The number of carbonyl (C=O) groups excluding carboxylic acids is 1. The van der Waals surface area contributed by atoms with E-state index in [0.717, 1.165) is 56.9 Å². The number of hydrogen-bond donors (Lipinski definition) is 0. The van der Waals surface area contributed by atoms with E-state index in [9.17, 15) is 4.79 Å². The number of likely N-dealkylation sites (tertiary alicyclic amines) is 1. The SMILES string of the molecule is COc1cccc(CC(=O)N2CCC(n3c(C)cnc3C3CCOCC3)C2)c1. The van der Waals surface area contributed by atoms with Crippen LogP contribution in [0.25, 0.3) is 0 Å². The third-order valence-electron chi connectivity index (χ3n) is 5.97. The first-order valence-corrected chi connectivity index (χ1v) is 10.2. The predicted molar refractivity (Wildman–Crippen MR) is 107 cm³/mol. The second-order valence-electron chi connectivity index (χ2n) is 7.82. The van der Waals surface area contributed by atoms with Crippen molar-refractivity contribution in [2.45, 2.75) is 44.6 Å².